The average Bonchev–Trinajstić information content (AvgIpc) is 3.27. The Hall–Kier alpha value is -2.86. The minimum Gasteiger partial charge on any atom is -0.381 e. The maximum absolute atomic E-state index is 13.4. The maximum atomic E-state index is 13.4. The van der Waals surface area contributed by atoms with Crippen LogP contribution in [0, 0.1) is 5.92 Å². The first-order valence-electron chi connectivity index (χ1n) is 11.9. The van der Waals surface area contributed by atoms with Crippen molar-refractivity contribution in [2.24, 2.45) is 10.9 Å². The smallest absolute Gasteiger partial charge is 0.277 e. The number of fused-ring (bicyclic) bond motifs is 1. The molecule has 3 heterocycles. The van der Waals surface area contributed by atoms with Crippen molar-refractivity contribution < 1.29 is 35.5 Å². The fourth-order valence-electron chi connectivity index (χ4n) is 4.81. The molecule has 1 aliphatic carbocycles. The molecule has 1 saturated carbocycles. The zero-order valence-corrected chi connectivity index (χ0v) is 20.8. The Morgan fingerprint density at radius 1 is 1.19 bits per heavy atom. The third-order valence-corrected chi connectivity index (χ3v) is 8.05. The summed E-state index contributed by atoms with van der Waals surface area (Å²) in [5.74, 6) is -4.95. The van der Waals surface area contributed by atoms with Crippen LogP contribution in [-0.4, -0.2) is 56.7 Å². The number of hydrogen-bond acceptors (Lipinski definition) is 7. The zero-order chi connectivity index (χ0) is 26.5. The number of carbonyl (C=O) groups is 1. The number of hydrogen-bond donors (Lipinski definition) is 1. The summed E-state index contributed by atoms with van der Waals surface area (Å²) in [5.41, 5.74) is 1.22. The van der Waals surface area contributed by atoms with Gasteiger partial charge in [0.25, 0.3) is 12.3 Å². The van der Waals surface area contributed by atoms with Gasteiger partial charge in [-0.05, 0) is 42.5 Å². The van der Waals surface area contributed by atoms with E-state index in [0.29, 0.717) is 13.2 Å². The summed E-state index contributed by atoms with van der Waals surface area (Å²) in [6, 6.07) is 6.40. The average molecular weight is 540 g/mol. The topological polar surface area (TPSA) is 97.7 Å². The number of halogens is 4. The Morgan fingerprint density at radius 3 is 2.51 bits per heavy atom. The molecule has 12 heteroatoms. The van der Waals surface area contributed by atoms with Crippen molar-refractivity contribution in [2.75, 3.05) is 24.8 Å². The van der Waals surface area contributed by atoms with Gasteiger partial charge in [0.1, 0.15) is 11.5 Å². The molecule has 2 fully saturated rings. The van der Waals surface area contributed by atoms with Crippen molar-refractivity contribution >= 4 is 38.4 Å². The summed E-state index contributed by atoms with van der Waals surface area (Å²) >= 11 is 0. The monoisotopic (exact) mass is 539 g/mol. The van der Waals surface area contributed by atoms with E-state index in [0.717, 1.165) is 24.7 Å². The molecule has 1 saturated heterocycles. The van der Waals surface area contributed by atoms with Crippen LogP contribution in [0.5, 0.6) is 0 Å². The van der Waals surface area contributed by atoms with Crippen molar-refractivity contribution in [3.63, 3.8) is 0 Å². The van der Waals surface area contributed by atoms with E-state index in [4.69, 9.17) is 4.74 Å². The van der Waals surface area contributed by atoms with Gasteiger partial charge >= 0.3 is 0 Å². The van der Waals surface area contributed by atoms with Crippen LogP contribution >= 0.6 is 0 Å². The molecule has 1 N–H and O–H groups in total. The number of ketones is 1. The highest BCUT2D eigenvalue weighted by atomic mass is 32.2. The zero-order valence-electron chi connectivity index (χ0n) is 19.9. The lowest BCUT2D eigenvalue weighted by Crippen LogP contribution is -2.15. The van der Waals surface area contributed by atoms with Gasteiger partial charge in [-0.2, -0.15) is 0 Å². The van der Waals surface area contributed by atoms with Crippen molar-refractivity contribution in [3.8, 4) is 0 Å². The molecular formula is C25H25F4N3O4S. The Labute approximate surface area is 211 Å². The van der Waals surface area contributed by atoms with Gasteiger partial charge in [0.05, 0.1) is 39.3 Å². The highest BCUT2D eigenvalue weighted by Crippen LogP contribution is 2.49. The first-order chi connectivity index (χ1) is 17.4. The number of ether oxygens (including phenoxy) is 1. The fourth-order valence-corrected chi connectivity index (χ4v) is 5.68. The molecule has 3 aliphatic rings. The number of Topliss-reactive ketones (excluding diaryl/α,β-unsaturated/α-hetero) is 1. The number of nitrogens with zero attached hydrogens (tertiary/aromatic N) is 2. The van der Waals surface area contributed by atoms with Crippen LogP contribution in [0.1, 0.15) is 42.1 Å². The van der Waals surface area contributed by atoms with Gasteiger partial charge in [-0.15, -0.1) is 0 Å². The standard InChI is InChI=1S/C25H25F4N3O4S/c1-37(34,35)22-8-14(13-4-6-36-7-5-13)2-3-17(22)31-18-9-15(10-21(33)16-12-25(16,28)29)30-19-11-20(24(26)27)32-23(18)19/h2-3,8-9,13,16,24H,4-7,10-12H2,1H3,(H,30,31)/t16-/m0/s1. The van der Waals surface area contributed by atoms with Gasteiger partial charge in [0.2, 0.25) is 0 Å². The first-order valence-corrected chi connectivity index (χ1v) is 13.8. The third kappa shape index (κ3) is 5.40. The van der Waals surface area contributed by atoms with E-state index in [9.17, 15) is 30.8 Å². The molecule has 0 bridgehead atoms. The Bertz CT molecular complexity index is 1390. The van der Waals surface area contributed by atoms with Crippen molar-refractivity contribution in [2.45, 2.75) is 55.3 Å². The summed E-state index contributed by atoms with van der Waals surface area (Å²) in [6.45, 7) is 1.17. The number of pyridine rings is 1. The molecule has 1 atom stereocenters. The molecule has 37 heavy (non-hydrogen) atoms. The lowest BCUT2D eigenvalue weighted by atomic mass is 9.91. The van der Waals surface area contributed by atoms with Crippen LogP contribution in [0.3, 0.4) is 0 Å². The number of anilines is 2. The van der Waals surface area contributed by atoms with Gasteiger partial charge in [0.15, 0.2) is 9.84 Å². The number of aromatic nitrogens is 1. The largest absolute Gasteiger partial charge is 0.381 e. The molecule has 5 rings (SSSR count). The van der Waals surface area contributed by atoms with E-state index in [1.54, 1.807) is 12.1 Å². The number of aliphatic imine (C=N–C) groups is 1. The molecular weight excluding hydrogens is 514 g/mol. The Balaban J connectivity index is 1.51. The lowest BCUT2D eigenvalue weighted by molar-refractivity contribution is -0.121. The summed E-state index contributed by atoms with van der Waals surface area (Å²) in [5, 5.41) is 2.99. The van der Waals surface area contributed by atoms with E-state index in [2.05, 4.69) is 15.3 Å². The molecule has 7 nitrogen and oxygen atoms in total. The van der Waals surface area contributed by atoms with Crippen LogP contribution in [0.15, 0.2) is 34.2 Å². The van der Waals surface area contributed by atoms with Gasteiger partial charge < -0.3 is 10.1 Å². The lowest BCUT2D eigenvalue weighted by Gasteiger charge is -2.23. The van der Waals surface area contributed by atoms with Crippen LogP contribution in [0.25, 0.3) is 0 Å². The predicted molar refractivity (Wildman–Crippen MR) is 128 cm³/mol. The minimum atomic E-state index is -3.70. The highest BCUT2D eigenvalue weighted by molar-refractivity contribution is 7.90. The molecule has 2 aliphatic heterocycles. The Kier molecular flexibility index (Phi) is 6.59. The number of carbonyl (C=O) groups excluding carboxylic acids is 1. The number of nitrogens with one attached hydrogen (secondary N) is 1. The summed E-state index contributed by atoms with van der Waals surface area (Å²) in [7, 11) is -3.70. The van der Waals surface area contributed by atoms with Gasteiger partial charge in [-0.3, -0.25) is 9.78 Å². The summed E-state index contributed by atoms with van der Waals surface area (Å²) in [6.07, 6.45) is -1.41. The summed E-state index contributed by atoms with van der Waals surface area (Å²) in [4.78, 5) is 20.6. The number of alkyl halides is 4. The van der Waals surface area contributed by atoms with Crippen LogP contribution < -0.4 is 5.32 Å². The third-order valence-electron chi connectivity index (χ3n) is 6.91. The van der Waals surface area contributed by atoms with E-state index in [1.165, 1.54) is 6.07 Å². The SMILES string of the molecule is CS(=O)(=O)c1cc(C2CCOCC2)ccc1Nc1cc(CC(=O)[C@@H]2CC2(F)F)nc2c1N=C(C(F)F)C2. The number of benzene rings is 1. The molecule has 0 unspecified atom stereocenters. The van der Waals surface area contributed by atoms with Crippen LogP contribution in [0.2, 0.25) is 0 Å². The maximum Gasteiger partial charge on any atom is 0.277 e. The fraction of sp³-hybridized carbons (Fsp3) is 0.480. The molecule has 0 radical (unpaired) electrons. The van der Waals surface area contributed by atoms with Crippen LogP contribution in [0.4, 0.5) is 34.6 Å². The molecule has 198 valence electrons. The van der Waals surface area contributed by atoms with E-state index in [-0.39, 0.29) is 45.7 Å². The van der Waals surface area contributed by atoms with Crippen LogP contribution in [-0.2, 0) is 32.2 Å². The minimum absolute atomic E-state index is 0.0216. The summed E-state index contributed by atoms with van der Waals surface area (Å²) < 4.78 is 84.4. The highest BCUT2D eigenvalue weighted by Gasteiger charge is 2.60. The van der Waals surface area contributed by atoms with Gasteiger partial charge in [-0.25, -0.2) is 31.0 Å². The van der Waals surface area contributed by atoms with E-state index >= 15 is 0 Å². The van der Waals surface area contributed by atoms with E-state index in [1.807, 2.05) is 6.07 Å². The molecule has 2 aromatic rings. The predicted octanol–water partition coefficient (Wildman–Crippen LogP) is 4.78. The molecule has 0 amide bonds. The number of rotatable bonds is 8. The first kappa shape index (κ1) is 25.8. The second-order valence-corrected chi connectivity index (χ2v) is 11.7. The number of sulfone groups is 1. The van der Waals surface area contributed by atoms with Crippen molar-refractivity contribution in [1.29, 1.82) is 0 Å². The molecule has 0 spiro atoms. The van der Waals surface area contributed by atoms with Gasteiger partial charge in [-0.1, -0.05) is 6.07 Å². The molecule has 1 aromatic carbocycles. The van der Waals surface area contributed by atoms with Crippen molar-refractivity contribution in [1.82, 2.24) is 4.98 Å². The van der Waals surface area contributed by atoms with Gasteiger partial charge in [0, 0.05) is 38.7 Å². The normalized spacial score (nSPS) is 21.0. The Morgan fingerprint density at radius 2 is 1.89 bits per heavy atom. The second kappa shape index (κ2) is 9.46. The molecule has 1 aromatic heterocycles. The quantitative estimate of drug-likeness (QED) is 0.485. The van der Waals surface area contributed by atoms with Crippen molar-refractivity contribution in [3.05, 3.63) is 41.2 Å². The second-order valence-electron chi connectivity index (χ2n) is 9.74. The van der Waals surface area contributed by atoms with E-state index < -0.39 is 52.4 Å².